The molecule has 1 aliphatic carbocycles. The zero-order valence-corrected chi connectivity index (χ0v) is 13.6. The highest BCUT2D eigenvalue weighted by Crippen LogP contribution is 2.44. The lowest BCUT2D eigenvalue weighted by Crippen LogP contribution is -2.49. The van der Waals surface area contributed by atoms with Crippen LogP contribution in [-0.4, -0.2) is 34.3 Å². The van der Waals surface area contributed by atoms with Crippen molar-refractivity contribution < 1.29 is 0 Å². The first-order valence-electron chi connectivity index (χ1n) is 7.72. The highest BCUT2D eigenvalue weighted by Gasteiger charge is 2.41. The Hall–Kier alpha value is -0.870. The molecular weight excluding hydrogens is 248 g/mol. The molecule has 1 saturated carbocycles. The van der Waals surface area contributed by atoms with Crippen LogP contribution in [-0.2, 0) is 13.6 Å². The number of nitrogens with zero attached hydrogens (tertiary/aromatic N) is 3. The normalized spacial score (nSPS) is 29.9. The standard InChI is InChI=1S/C16H30N4/c1-12-15(17)7-6-14(16(12,2)3)11-19(4)9-13-8-18-20(5)10-13/h8,10,12,14-15H,6-7,9,11,17H2,1-5H3. The summed E-state index contributed by atoms with van der Waals surface area (Å²) in [6.45, 7) is 9.20. The van der Waals surface area contributed by atoms with Crippen molar-refractivity contribution in [3.05, 3.63) is 18.0 Å². The van der Waals surface area contributed by atoms with Crippen molar-refractivity contribution in [1.82, 2.24) is 14.7 Å². The molecule has 1 aromatic heterocycles. The molecule has 0 radical (unpaired) electrons. The van der Waals surface area contributed by atoms with Crippen molar-refractivity contribution in [3.63, 3.8) is 0 Å². The molecule has 4 heteroatoms. The van der Waals surface area contributed by atoms with E-state index < -0.39 is 0 Å². The van der Waals surface area contributed by atoms with Crippen LogP contribution in [0.25, 0.3) is 0 Å². The van der Waals surface area contributed by atoms with E-state index in [9.17, 15) is 0 Å². The van der Waals surface area contributed by atoms with Crippen molar-refractivity contribution in [2.75, 3.05) is 13.6 Å². The molecule has 0 aromatic carbocycles. The van der Waals surface area contributed by atoms with Crippen LogP contribution in [0.15, 0.2) is 12.4 Å². The number of aromatic nitrogens is 2. The van der Waals surface area contributed by atoms with Crippen LogP contribution >= 0.6 is 0 Å². The van der Waals surface area contributed by atoms with Gasteiger partial charge in [-0.1, -0.05) is 20.8 Å². The summed E-state index contributed by atoms with van der Waals surface area (Å²) >= 11 is 0. The number of hydrogen-bond donors (Lipinski definition) is 1. The van der Waals surface area contributed by atoms with Crippen LogP contribution in [0.2, 0.25) is 0 Å². The van der Waals surface area contributed by atoms with E-state index in [1.807, 2.05) is 17.9 Å². The maximum Gasteiger partial charge on any atom is 0.0534 e. The molecule has 20 heavy (non-hydrogen) atoms. The topological polar surface area (TPSA) is 47.1 Å². The first-order chi connectivity index (χ1) is 9.30. The van der Waals surface area contributed by atoms with Crippen LogP contribution in [0, 0.1) is 17.3 Å². The maximum absolute atomic E-state index is 6.25. The summed E-state index contributed by atoms with van der Waals surface area (Å²) < 4.78 is 1.87. The minimum atomic E-state index is 0.320. The molecular formula is C16H30N4. The fourth-order valence-electron chi connectivity index (χ4n) is 3.57. The monoisotopic (exact) mass is 278 g/mol. The highest BCUT2D eigenvalue weighted by atomic mass is 15.2. The van der Waals surface area contributed by atoms with Crippen LogP contribution in [0.1, 0.15) is 39.2 Å². The Kier molecular flexibility index (Phi) is 4.55. The van der Waals surface area contributed by atoms with Crippen molar-refractivity contribution in [1.29, 1.82) is 0 Å². The smallest absolute Gasteiger partial charge is 0.0534 e. The zero-order chi connectivity index (χ0) is 14.9. The second kappa shape index (κ2) is 5.86. The number of rotatable bonds is 4. The van der Waals surface area contributed by atoms with E-state index in [4.69, 9.17) is 5.73 Å². The van der Waals surface area contributed by atoms with Gasteiger partial charge in [-0.15, -0.1) is 0 Å². The molecule has 0 bridgehead atoms. The predicted molar refractivity (Wildman–Crippen MR) is 83.2 cm³/mol. The molecule has 3 unspecified atom stereocenters. The molecule has 1 heterocycles. The van der Waals surface area contributed by atoms with Gasteiger partial charge in [-0.3, -0.25) is 4.68 Å². The minimum Gasteiger partial charge on any atom is -0.327 e. The Labute approximate surface area is 123 Å². The molecule has 3 atom stereocenters. The van der Waals surface area contributed by atoms with E-state index in [1.165, 1.54) is 12.0 Å². The lowest BCUT2D eigenvalue weighted by atomic mass is 9.61. The molecule has 0 saturated heterocycles. The molecule has 1 aliphatic rings. The maximum atomic E-state index is 6.25. The van der Waals surface area contributed by atoms with E-state index in [-0.39, 0.29) is 0 Å². The first-order valence-corrected chi connectivity index (χ1v) is 7.72. The summed E-state index contributed by atoms with van der Waals surface area (Å²) in [4.78, 5) is 2.42. The predicted octanol–water partition coefficient (Wildman–Crippen LogP) is 2.25. The Balaban J connectivity index is 1.95. The van der Waals surface area contributed by atoms with Crippen molar-refractivity contribution in [3.8, 4) is 0 Å². The molecule has 2 rings (SSSR count). The number of aryl methyl sites for hydroxylation is 1. The quantitative estimate of drug-likeness (QED) is 0.919. The van der Waals surface area contributed by atoms with Crippen molar-refractivity contribution >= 4 is 0 Å². The van der Waals surface area contributed by atoms with E-state index in [2.05, 4.69) is 44.0 Å². The largest absolute Gasteiger partial charge is 0.327 e. The van der Waals surface area contributed by atoms with Gasteiger partial charge in [-0.25, -0.2) is 0 Å². The van der Waals surface area contributed by atoms with Gasteiger partial charge < -0.3 is 10.6 Å². The second-order valence-electron chi connectivity index (χ2n) is 7.27. The Bertz CT molecular complexity index is 437. The van der Waals surface area contributed by atoms with Gasteiger partial charge in [0.1, 0.15) is 0 Å². The van der Waals surface area contributed by atoms with Crippen LogP contribution in [0.5, 0.6) is 0 Å². The molecule has 0 amide bonds. The summed E-state index contributed by atoms with van der Waals surface area (Å²) in [5, 5.41) is 4.24. The average Bonchev–Trinajstić information content (AvgIpc) is 2.76. The van der Waals surface area contributed by atoms with Crippen molar-refractivity contribution in [2.24, 2.45) is 30.0 Å². The van der Waals surface area contributed by atoms with Crippen LogP contribution < -0.4 is 5.73 Å². The van der Waals surface area contributed by atoms with Gasteiger partial charge in [-0.2, -0.15) is 5.10 Å². The second-order valence-corrected chi connectivity index (χ2v) is 7.27. The Morgan fingerprint density at radius 1 is 1.45 bits per heavy atom. The lowest BCUT2D eigenvalue weighted by molar-refractivity contribution is 0.0324. The summed E-state index contributed by atoms with van der Waals surface area (Å²) in [6.07, 6.45) is 6.47. The summed E-state index contributed by atoms with van der Waals surface area (Å²) in [5.41, 5.74) is 7.85. The first kappa shape index (κ1) is 15.5. The summed E-state index contributed by atoms with van der Waals surface area (Å²) in [5.74, 6) is 1.31. The van der Waals surface area contributed by atoms with Crippen LogP contribution in [0.3, 0.4) is 0 Å². The molecule has 2 N–H and O–H groups in total. The average molecular weight is 278 g/mol. The summed E-state index contributed by atoms with van der Waals surface area (Å²) in [7, 11) is 4.18. The SMILES string of the molecule is CC1C(N)CCC(CN(C)Cc2cnn(C)c2)C1(C)C. The number of hydrogen-bond acceptors (Lipinski definition) is 3. The molecule has 1 fully saturated rings. The van der Waals surface area contributed by atoms with Crippen molar-refractivity contribution in [2.45, 2.75) is 46.2 Å². The van der Waals surface area contributed by atoms with Gasteiger partial charge in [0.05, 0.1) is 6.20 Å². The van der Waals surface area contributed by atoms with E-state index in [0.29, 0.717) is 17.4 Å². The lowest BCUT2D eigenvalue weighted by Gasteiger charge is -2.48. The van der Waals surface area contributed by atoms with Gasteiger partial charge in [0.15, 0.2) is 0 Å². The summed E-state index contributed by atoms with van der Waals surface area (Å²) in [6, 6.07) is 0.366. The fraction of sp³-hybridized carbons (Fsp3) is 0.812. The zero-order valence-electron chi connectivity index (χ0n) is 13.6. The third kappa shape index (κ3) is 3.23. The van der Waals surface area contributed by atoms with Crippen LogP contribution in [0.4, 0.5) is 0 Å². The highest BCUT2D eigenvalue weighted by molar-refractivity contribution is 5.03. The molecule has 1 aromatic rings. The van der Waals surface area contributed by atoms with Gasteiger partial charge in [-0.05, 0) is 37.1 Å². The van der Waals surface area contributed by atoms with E-state index in [0.717, 1.165) is 25.4 Å². The Morgan fingerprint density at radius 2 is 2.15 bits per heavy atom. The third-order valence-electron chi connectivity index (χ3n) is 5.46. The van der Waals surface area contributed by atoms with Gasteiger partial charge in [0.25, 0.3) is 0 Å². The molecule has 4 nitrogen and oxygen atoms in total. The van der Waals surface area contributed by atoms with E-state index >= 15 is 0 Å². The van der Waals surface area contributed by atoms with Gasteiger partial charge >= 0.3 is 0 Å². The third-order valence-corrected chi connectivity index (χ3v) is 5.46. The molecule has 0 aliphatic heterocycles. The Morgan fingerprint density at radius 3 is 2.75 bits per heavy atom. The van der Waals surface area contributed by atoms with Gasteiger partial charge in [0, 0.05) is 37.9 Å². The van der Waals surface area contributed by atoms with Gasteiger partial charge in [0.2, 0.25) is 0 Å². The van der Waals surface area contributed by atoms with E-state index in [1.54, 1.807) is 0 Å². The molecule has 0 spiro atoms. The fourth-order valence-corrected chi connectivity index (χ4v) is 3.57. The number of nitrogens with two attached hydrogens (primary N) is 1. The minimum absolute atomic E-state index is 0.320. The molecule has 114 valence electrons.